The van der Waals surface area contributed by atoms with Gasteiger partial charge in [-0.2, -0.15) is 0 Å². The Kier molecular flexibility index (Phi) is 8.21. The molecule has 3 heterocycles. The monoisotopic (exact) mass is 580 g/mol. The highest BCUT2D eigenvalue weighted by atomic mass is 32.1. The van der Waals surface area contributed by atoms with Crippen LogP contribution in [0.1, 0.15) is 33.0 Å². The van der Waals surface area contributed by atoms with E-state index in [0.29, 0.717) is 40.0 Å². The van der Waals surface area contributed by atoms with Crippen LogP contribution in [0.2, 0.25) is 0 Å². The fourth-order valence-corrected chi connectivity index (χ4v) is 5.09. The van der Waals surface area contributed by atoms with Crippen LogP contribution < -0.4 is 26.0 Å². The fraction of sp³-hybridized carbons (Fsp3) is 0.320. The van der Waals surface area contributed by atoms with E-state index in [4.69, 9.17) is 28.3 Å². The first-order valence-electron chi connectivity index (χ1n) is 12.9. The van der Waals surface area contributed by atoms with Gasteiger partial charge in [0.05, 0.1) is 60.3 Å². The number of benzene rings is 1. The van der Waals surface area contributed by atoms with Crippen LogP contribution in [-0.2, 0) is 9.59 Å². The van der Waals surface area contributed by atoms with Crippen LogP contribution in [0.25, 0.3) is 10.6 Å². The Hall–Kier alpha value is -4.40. The lowest BCUT2D eigenvalue weighted by atomic mass is 9.49. The molecule has 17 heteroatoms. The lowest BCUT2D eigenvalue weighted by Gasteiger charge is -2.25. The molecule has 1 aliphatic carbocycles. The SMILES string of the molecule is [B]C([B])([B])NC(=O)c1nnc(NC(=O)C2CC2)cc1Nc1cccc(-c2ncc(C(=O)N3CCNC(=O)C3)s2)c1OC. The molecular formula is C25H23B3N8O5S. The molecule has 0 unspecified atom stereocenters. The zero-order valence-electron chi connectivity index (χ0n) is 22.5. The second kappa shape index (κ2) is 11.8. The van der Waals surface area contributed by atoms with Crippen molar-refractivity contribution in [3.05, 3.63) is 41.0 Å². The zero-order chi connectivity index (χ0) is 30.0. The number of aromatic nitrogens is 3. The summed E-state index contributed by atoms with van der Waals surface area (Å²) < 4.78 is 5.71. The van der Waals surface area contributed by atoms with Gasteiger partial charge in [-0.1, -0.05) is 11.3 Å². The number of nitrogens with one attached hydrogen (secondary N) is 4. The lowest BCUT2D eigenvalue weighted by molar-refractivity contribution is -0.123. The Morgan fingerprint density at radius 2 is 1.95 bits per heavy atom. The molecule has 1 saturated heterocycles. The molecule has 1 aliphatic heterocycles. The number of thiazole rings is 1. The molecule has 2 fully saturated rings. The van der Waals surface area contributed by atoms with Crippen LogP contribution in [-0.4, -0.2) is 99.2 Å². The average Bonchev–Trinajstić information content (AvgIpc) is 3.68. The zero-order valence-corrected chi connectivity index (χ0v) is 23.3. The topological polar surface area (TPSA) is 168 Å². The number of carbonyl (C=O) groups is 4. The van der Waals surface area contributed by atoms with Gasteiger partial charge in [0.15, 0.2) is 17.3 Å². The Bertz CT molecular complexity index is 1560. The molecule has 0 spiro atoms. The lowest BCUT2D eigenvalue weighted by Crippen LogP contribution is -2.50. The number of anilines is 3. The van der Waals surface area contributed by atoms with Gasteiger partial charge in [-0.15, -0.1) is 21.5 Å². The van der Waals surface area contributed by atoms with Crippen molar-refractivity contribution in [2.45, 2.75) is 18.1 Å². The standard InChI is InChI=1S/C25H23B3N8O5S/c1-41-20-13(23-30-10-16(42-23)24(40)36-8-7-29-18(37)11-36)3-2-4-14(20)31-15-9-17(32-21(38)12-5-6-12)34-35-19(15)22(39)33-25(26,27)28/h2-4,9-10,12H,5-8,11H2,1H3,(H,29,37)(H,33,39)(H2,31,32,34,38). The molecule has 4 N–H and O–H groups in total. The summed E-state index contributed by atoms with van der Waals surface area (Å²) in [5.74, 6) is -1.15. The first kappa shape index (κ1) is 29.1. The summed E-state index contributed by atoms with van der Waals surface area (Å²) in [6.45, 7) is 0.767. The van der Waals surface area contributed by atoms with Crippen molar-refractivity contribution in [3.8, 4) is 16.3 Å². The minimum Gasteiger partial charge on any atom is -0.494 e. The first-order chi connectivity index (χ1) is 20.0. The van der Waals surface area contributed by atoms with Gasteiger partial charge < -0.3 is 30.9 Å². The molecule has 0 atom stereocenters. The maximum Gasteiger partial charge on any atom is 0.272 e. The van der Waals surface area contributed by atoms with E-state index in [9.17, 15) is 19.2 Å². The van der Waals surface area contributed by atoms with Crippen LogP contribution in [0.3, 0.4) is 0 Å². The summed E-state index contributed by atoms with van der Waals surface area (Å²) in [6.07, 6.45) is 3.03. The third kappa shape index (κ3) is 6.73. The van der Waals surface area contributed by atoms with Gasteiger partial charge >= 0.3 is 0 Å². The maximum atomic E-state index is 13.0. The average molecular weight is 580 g/mol. The highest BCUT2D eigenvalue weighted by Crippen LogP contribution is 2.40. The Balaban J connectivity index is 1.45. The van der Waals surface area contributed by atoms with E-state index in [1.165, 1.54) is 24.3 Å². The molecule has 1 aromatic carbocycles. The maximum absolute atomic E-state index is 13.0. The fourth-order valence-electron chi connectivity index (χ4n) is 4.18. The van der Waals surface area contributed by atoms with E-state index in [1.807, 2.05) is 0 Å². The number of hydrogen-bond donors (Lipinski definition) is 4. The predicted octanol–water partition coefficient (Wildman–Crippen LogP) is 0.119. The molecule has 4 amide bonds. The molecule has 42 heavy (non-hydrogen) atoms. The highest BCUT2D eigenvalue weighted by molar-refractivity contribution is 7.17. The van der Waals surface area contributed by atoms with Gasteiger partial charge in [0.1, 0.15) is 9.88 Å². The Morgan fingerprint density at radius 1 is 1.17 bits per heavy atom. The van der Waals surface area contributed by atoms with Crippen molar-refractivity contribution in [2.75, 3.05) is 37.4 Å². The molecule has 2 aromatic heterocycles. The third-order valence-electron chi connectivity index (χ3n) is 6.30. The van der Waals surface area contributed by atoms with E-state index in [2.05, 4.69) is 36.4 Å². The number of carbonyl (C=O) groups excluding carboxylic acids is 4. The molecular weight excluding hydrogens is 557 g/mol. The normalized spacial score (nSPS) is 15.0. The molecule has 1 saturated carbocycles. The van der Waals surface area contributed by atoms with Crippen LogP contribution in [0.5, 0.6) is 5.75 Å². The second-order valence-electron chi connectivity index (χ2n) is 9.76. The minimum atomic E-state index is -2.02. The molecule has 6 radical (unpaired) electrons. The van der Waals surface area contributed by atoms with E-state index in [-0.39, 0.29) is 47.4 Å². The van der Waals surface area contributed by atoms with Crippen molar-refractivity contribution < 1.29 is 23.9 Å². The number of ether oxygens (including phenoxy) is 1. The Morgan fingerprint density at radius 3 is 2.64 bits per heavy atom. The number of amides is 4. The van der Waals surface area contributed by atoms with Crippen LogP contribution >= 0.6 is 11.3 Å². The van der Waals surface area contributed by atoms with Crippen LogP contribution in [0.4, 0.5) is 17.2 Å². The first-order valence-corrected chi connectivity index (χ1v) is 13.7. The molecule has 5 rings (SSSR count). The van der Waals surface area contributed by atoms with Gasteiger partial charge in [0, 0.05) is 25.1 Å². The largest absolute Gasteiger partial charge is 0.494 e. The number of para-hydroxylation sites is 1. The van der Waals surface area contributed by atoms with Gasteiger partial charge in [0.25, 0.3) is 11.8 Å². The summed E-state index contributed by atoms with van der Waals surface area (Å²) >= 11 is 1.15. The van der Waals surface area contributed by atoms with Gasteiger partial charge in [0.2, 0.25) is 11.8 Å². The summed E-state index contributed by atoms with van der Waals surface area (Å²) in [4.78, 5) is 56.2. The van der Waals surface area contributed by atoms with E-state index >= 15 is 0 Å². The van der Waals surface area contributed by atoms with Gasteiger partial charge in [-0.3, -0.25) is 19.2 Å². The Labute approximate surface area is 248 Å². The minimum absolute atomic E-state index is 0.0205. The van der Waals surface area contributed by atoms with Crippen LogP contribution in [0.15, 0.2) is 30.5 Å². The summed E-state index contributed by atoms with van der Waals surface area (Å²) in [5, 5.41) is 17.1. The number of piperazine rings is 1. The van der Waals surface area contributed by atoms with Crippen LogP contribution in [0, 0.1) is 5.92 Å². The van der Waals surface area contributed by atoms with Gasteiger partial charge in [-0.05, 0) is 25.0 Å². The van der Waals surface area contributed by atoms with Crippen molar-refractivity contribution in [1.29, 1.82) is 0 Å². The third-order valence-corrected chi connectivity index (χ3v) is 7.32. The van der Waals surface area contributed by atoms with Crippen molar-refractivity contribution in [3.63, 3.8) is 0 Å². The van der Waals surface area contributed by atoms with E-state index < -0.39 is 11.1 Å². The van der Waals surface area contributed by atoms with Crippen molar-refractivity contribution >= 4 is 75.7 Å². The molecule has 3 aromatic rings. The summed E-state index contributed by atoms with van der Waals surface area (Å²) in [7, 11) is 18.1. The summed E-state index contributed by atoms with van der Waals surface area (Å²) in [6, 6.07) is 6.62. The van der Waals surface area contributed by atoms with E-state index in [1.54, 1.807) is 18.2 Å². The number of nitrogens with zero attached hydrogens (tertiary/aromatic N) is 4. The van der Waals surface area contributed by atoms with Gasteiger partial charge in [-0.25, -0.2) is 4.98 Å². The summed E-state index contributed by atoms with van der Waals surface area (Å²) in [5.41, 5.74) is 0.909. The van der Waals surface area contributed by atoms with E-state index in [0.717, 1.165) is 24.2 Å². The van der Waals surface area contributed by atoms with Crippen molar-refractivity contribution in [2.24, 2.45) is 5.92 Å². The smallest absolute Gasteiger partial charge is 0.272 e. The highest BCUT2D eigenvalue weighted by Gasteiger charge is 2.30. The molecule has 13 nitrogen and oxygen atoms in total. The predicted molar refractivity (Wildman–Crippen MR) is 157 cm³/mol. The molecule has 208 valence electrons. The van der Waals surface area contributed by atoms with Crippen molar-refractivity contribution in [1.82, 2.24) is 30.7 Å². The second-order valence-corrected chi connectivity index (χ2v) is 10.8. The quantitative estimate of drug-likeness (QED) is 0.257. The number of hydrogen-bond acceptors (Lipinski definition) is 10. The number of rotatable bonds is 9. The number of methoxy groups -OCH3 is 1. The molecule has 2 aliphatic rings. The molecule has 0 bridgehead atoms.